The third-order valence-corrected chi connectivity index (χ3v) is 5.61. The molecule has 9 heteroatoms. The van der Waals surface area contributed by atoms with Crippen molar-refractivity contribution >= 4 is 41.8 Å². The van der Waals surface area contributed by atoms with Crippen molar-refractivity contribution in [1.82, 2.24) is 16.0 Å². The first-order valence-electron chi connectivity index (χ1n) is 10.2. The number of aliphatic carboxylic acids is 1. The van der Waals surface area contributed by atoms with E-state index in [0.29, 0.717) is 18.0 Å². The average molecular weight is 480 g/mol. The van der Waals surface area contributed by atoms with Gasteiger partial charge in [0.25, 0.3) is 0 Å². The van der Waals surface area contributed by atoms with Crippen LogP contribution in [-0.2, 0) is 27.3 Å². The van der Waals surface area contributed by atoms with Gasteiger partial charge in [-0.05, 0) is 35.2 Å². The maximum absolute atomic E-state index is 12.8. The number of nitrogens with one attached hydrogen (secondary N) is 3. The van der Waals surface area contributed by atoms with Crippen molar-refractivity contribution in [3.63, 3.8) is 0 Å². The Balaban J connectivity index is 0.00000363. The minimum absolute atomic E-state index is 0. The molecule has 2 aromatic rings. The lowest BCUT2D eigenvalue weighted by Crippen LogP contribution is -2.48. The van der Waals surface area contributed by atoms with Gasteiger partial charge in [0.05, 0.1) is 12.5 Å². The molecule has 172 valence electrons. The van der Waals surface area contributed by atoms with Gasteiger partial charge in [-0.3, -0.25) is 14.4 Å². The van der Waals surface area contributed by atoms with Gasteiger partial charge in [-0.25, -0.2) is 0 Å². The lowest BCUT2D eigenvalue weighted by Gasteiger charge is -2.26. The lowest BCUT2D eigenvalue weighted by molar-refractivity contribution is -0.137. The van der Waals surface area contributed by atoms with Crippen molar-refractivity contribution in [3.8, 4) is 0 Å². The number of carbonyl (C=O) groups is 3. The summed E-state index contributed by atoms with van der Waals surface area (Å²) in [5.41, 5.74) is 3.23. The van der Waals surface area contributed by atoms with E-state index in [4.69, 9.17) is 16.7 Å². The molecule has 1 aliphatic heterocycles. The van der Waals surface area contributed by atoms with Crippen molar-refractivity contribution in [2.75, 3.05) is 13.1 Å². The largest absolute Gasteiger partial charge is 0.481 e. The zero-order valence-electron chi connectivity index (χ0n) is 17.5. The van der Waals surface area contributed by atoms with E-state index in [2.05, 4.69) is 22.0 Å². The number of amides is 2. The Hall–Kier alpha value is -2.61. The molecule has 0 aliphatic carbocycles. The van der Waals surface area contributed by atoms with E-state index in [1.165, 1.54) is 5.56 Å². The molecule has 2 amide bonds. The number of carboxylic acids is 1. The Kier molecular flexibility index (Phi) is 9.97. The van der Waals surface area contributed by atoms with Gasteiger partial charge in [-0.15, -0.1) is 12.4 Å². The molecule has 3 rings (SSSR count). The van der Waals surface area contributed by atoms with Crippen molar-refractivity contribution in [1.29, 1.82) is 0 Å². The molecule has 0 spiro atoms. The highest BCUT2D eigenvalue weighted by molar-refractivity contribution is 6.30. The molecule has 0 aromatic heterocycles. The molecule has 0 saturated carbocycles. The van der Waals surface area contributed by atoms with E-state index in [0.717, 1.165) is 11.1 Å². The molecule has 1 aliphatic rings. The molecule has 32 heavy (non-hydrogen) atoms. The number of benzene rings is 2. The molecular formula is C23H27Cl2N3O4. The molecule has 0 bridgehead atoms. The SMILES string of the molecule is Cl.O=C(O)CCNC(=O)C[C@@H](CNC(=O)[C@@H]1Cc2ccccc2CN1)c1ccc(Cl)cc1. The Morgan fingerprint density at radius 3 is 2.44 bits per heavy atom. The molecule has 0 unspecified atom stereocenters. The summed E-state index contributed by atoms with van der Waals surface area (Å²) >= 11 is 5.98. The zero-order valence-corrected chi connectivity index (χ0v) is 19.0. The molecule has 0 fully saturated rings. The molecule has 2 aromatic carbocycles. The number of fused-ring (bicyclic) bond motifs is 1. The summed E-state index contributed by atoms with van der Waals surface area (Å²) in [7, 11) is 0. The van der Waals surface area contributed by atoms with Crippen molar-refractivity contribution < 1.29 is 19.5 Å². The topological polar surface area (TPSA) is 108 Å². The second-order valence-electron chi connectivity index (χ2n) is 7.60. The van der Waals surface area contributed by atoms with Gasteiger partial charge in [0.1, 0.15) is 0 Å². The fourth-order valence-corrected chi connectivity index (χ4v) is 3.76. The van der Waals surface area contributed by atoms with Crippen molar-refractivity contribution in [2.24, 2.45) is 0 Å². The van der Waals surface area contributed by atoms with Crippen LogP contribution < -0.4 is 16.0 Å². The molecular weight excluding hydrogens is 453 g/mol. The maximum Gasteiger partial charge on any atom is 0.305 e. The smallest absolute Gasteiger partial charge is 0.305 e. The van der Waals surface area contributed by atoms with Crippen LogP contribution >= 0.6 is 24.0 Å². The average Bonchev–Trinajstić information content (AvgIpc) is 2.76. The van der Waals surface area contributed by atoms with E-state index in [-0.39, 0.29) is 62.1 Å². The van der Waals surface area contributed by atoms with Crippen LogP contribution in [0.1, 0.15) is 35.4 Å². The second-order valence-corrected chi connectivity index (χ2v) is 8.03. The van der Waals surface area contributed by atoms with Gasteiger partial charge in [0.2, 0.25) is 11.8 Å². The number of rotatable bonds is 9. The maximum atomic E-state index is 12.8. The zero-order chi connectivity index (χ0) is 22.2. The summed E-state index contributed by atoms with van der Waals surface area (Å²) in [6, 6.07) is 14.9. The number of hydrogen-bond donors (Lipinski definition) is 4. The van der Waals surface area contributed by atoms with Crippen molar-refractivity contribution in [3.05, 3.63) is 70.2 Å². The predicted octanol–water partition coefficient (Wildman–Crippen LogP) is 2.66. The first-order chi connectivity index (χ1) is 14.9. The van der Waals surface area contributed by atoms with Crippen LogP contribution in [0, 0.1) is 0 Å². The summed E-state index contributed by atoms with van der Waals surface area (Å²) in [4.78, 5) is 35.7. The quantitative estimate of drug-likeness (QED) is 0.442. The highest BCUT2D eigenvalue weighted by Crippen LogP contribution is 2.22. The molecule has 7 nitrogen and oxygen atoms in total. The molecule has 0 saturated heterocycles. The number of carboxylic acid groups (broad SMARTS) is 1. The van der Waals surface area contributed by atoms with Gasteiger partial charge < -0.3 is 21.1 Å². The minimum Gasteiger partial charge on any atom is -0.481 e. The van der Waals surface area contributed by atoms with E-state index in [9.17, 15) is 14.4 Å². The molecule has 0 radical (unpaired) electrons. The lowest BCUT2D eigenvalue weighted by atomic mass is 9.93. The molecule has 1 heterocycles. The first-order valence-corrected chi connectivity index (χ1v) is 10.6. The third-order valence-electron chi connectivity index (χ3n) is 5.35. The van der Waals surface area contributed by atoms with Gasteiger partial charge in [-0.1, -0.05) is 48.0 Å². The van der Waals surface area contributed by atoms with Gasteiger partial charge in [-0.2, -0.15) is 0 Å². The van der Waals surface area contributed by atoms with Crippen LogP contribution in [-0.4, -0.2) is 42.0 Å². The molecule has 2 atom stereocenters. The van der Waals surface area contributed by atoms with Crippen LogP contribution in [0.4, 0.5) is 0 Å². The number of hydrogen-bond acceptors (Lipinski definition) is 4. The normalized spacial score (nSPS) is 15.6. The Bertz CT molecular complexity index is 937. The van der Waals surface area contributed by atoms with Crippen LogP contribution in [0.2, 0.25) is 5.02 Å². The summed E-state index contributed by atoms with van der Waals surface area (Å²) < 4.78 is 0. The first kappa shape index (κ1) is 25.6. The van der Waals surface area contributed by atoms with Crippen LogP contribution in [0.5, 0.6) is 0 Å². The van der Waals surface area contributed by atoms with E-state index in [1.54, 1.807) is 12.1 Å². The summed E-state index contributed by atoms with van der Waals surface area (Å²) in [6.45, 7) is 0.993. The predicted molar refractivity (Wildman–Crippen MR) is 125 cm³/mol. The number of halogens is 2. The fourth-order valence-electron chi connectivity index (χ4n) is 3.63. The summed E-state index contributed by atoms with van der Waals surface area (Å²) in [6.07, 6.45) is 0.606. The van der Waals surface area contributed by atoms with Crippen LogP contribution in [0.15, 0.2) is 48.5 Å². The summed E-state index contributed by atoms with van der Waals surface area (Å²) in [5, 5.41) is 18.2. The van der Waals surface area contributed by atoms with Gasteiger partial charge >= 0.3 is 5.97 Å². The summed E-state index contributed by atoms with van der Waals surface area (Å²) in [5.74, 6) is -1.61. The van der Waals surface area contributed by atoms with Crippen LogP contribution in [0.3, 0.4) is 0 Å². The minimum atomic E-state index is -0.969. The second kappa shape index (κ2) is 12.4. The fraction of sp³-hybridized carbons (Fsp3) is 0.348. The highest BCUT2D eigenvalue weighted by Gasteiger charge is 2.25. The van der Waals surface area contributed by atoms with E-state index in [1.807, 2.05) is 30.3 Å². The van der Waals surface area contributed by atoms with Gasteiger partial charge in [0.15, 0.2) is 0 Å². The van der Waals surface area contributed by atoms with Gasteiger partial charge in [0, 0.05) is 37.0 Å². The third kappa shape index (κ3) is 7.51. The molecule has 4 N–H and O–H groups in total. The van der Waals surface area contributed by atoms with Crippen LogP contribution in [0.25, 0.3) is 0 Å². The Labute approximate surface area is 198 Å². The van der Waals surface area contributed by atoms with E-state index < -0.39 is 5.97 Å². The van der Waals surface area contributed by atoms with E-state index >= 15 is 0 Å². The number of carbonyl (C=O) groups excluding carboxylic acids is 2. The van der Waals surface area contributed by atoms with Crippen molar-refractivity contribution in [2.45, 2.75) is 37.8 Å². The monoisotopic (exact) mass is 479 g/mol. The Morgan fingerprint density at radius 2 is 1.75 bits per heavy atom. The highest BCUT2D eigenvalue weighted by atomic mass is 35.5. The Morgan fingerprint density at radius 1 is 1.06 bits per heavy atom. The standard InChI is InChI=1S/C23H26ClN3O4.ClH/c24-19-7-5-15(6-8-19)18(12-21(28)25-10-9-22(29)30)14-27-23(31)20-11-16-3-1-2-4-17(16)13-26-20;/h1-8,18,20,26H,9-14H2,(H,25,28)(H,27,31)(H,29,30);1H/t18-,20-;/m0./s1.